The number of anilines is 3. The summed E-state index contributed by atoms with van der Waals surface area (Å²) in [6.07, 6.45) is -4.79. The van der Waals surface area contributed by atoms with Crippen molar-refractivity contribution in [2.24, 2.45) is 0 Å². The van der Waals surface area contributed by atoms with Gasteiger partial charge in [0.25, 0.3) is 0 Å². The molecule has 0 aliphatic heterocycles. The number of hydrogen-bond acceptors (Lipinski definition) is 6. The molecular formula is C21H21F3N4O2. The Morgan fingerprint density at radius 1 is 1.07 bits per heavy atom. The van der Waals surface area contributed by atoms with Crippen molar-refractivity contribution in [3.05, 3.63) is 60.2 Å². The molecule has 9 heteroatoms. The van der Waals surface area contributed by atoms with Gasteiger partial charge in [-0.15, -0.1) is 13.2 Å². The maximum absolute atomic E-state index is 12.6. The molecule has 0 saturated carbocycles. The lowest BCUT2D eigenvalue weighted by Crippen LogP contribution is -2.21. The van der Waals surface area contributed by atoms with Crippen molar-refractivity contribution in [3.8, 4) is 17.0 Å². The van der Waals surface area contributed by atoms with Gasteiger partial charge in [-0.25, -0.2) is 4.98 Å². The minimum Gasteiger partial charge on any atom is -0.406 e. The molecule has 0 radical (unpaired) electrons. The zero-order chi connectivity index (χ0) is 21.7. The summed E-state index contributed by atoms with van der Waals surface area (Å²) in [5, 5.41) is 15.5. The van der Waals surface area contributed by atoms with Crippen molar-refractivity contribution in [1.29, 1.82) is 0 Å². The van der Waals surface area contributed by atoms with Crippen molar-refractivity contribution in [1.82, 2.24) is 9.97 Å². The van der Waals surface area contributed by atoms with Crippen LogP contribution >= 0.6 is 0 Å². The second-order valence-electron chi connectivity index (χ2n) is 6.71. The van der Waals surface area contributed by atoms with Gasteiger partial charge in [-0.05, 0) is 37.6 Å². The Bertz CT molecular complexity index is 1010. The molecule has 30 heavy (non-hydrogen) atoms. The first kappa shape index (κ1) is 21.4. The third kappa shape index (κ3) is 5.84. The predicted molar refractivity (Wildman–Crippen MR) is 109 cm³/mol. The number of aryl methyl sites for hydroxylation is 1. The van der Waals surface area contributed by atoms with Crippen LogP contribution in [-0.4, -0.2) is 34.1 Å². The van der Waals surface area contributed by atoms with Gasteiger partial charge >= 0.3 is 6.36 Å². The van der Waals surface area contributed by atoms with E-state index in [0.29, 0.717) is 17.1 Å². The number of nitrogens with zero attached hydrogens (tertiary/aromatic N) is 2. The molecular weight excluding hydrogens is 397 g/mol. The SMILES string of the molecule is Cc1ccccc1Nc1cc(-c2cccc(OC(F)(F)F)c2)nc(N[C@@H](C)CO)n1. The Labute approximate surface area is 171 Å². The van der Waals surface area contributed by atoms with Crippen LogP contribution in [0.25, 0.3) is 11.3 Å². The van der Waals surface area contributed by atoms with Crippen LogP contribution in [0, 0.1) is 6.92 Å². The fourth-order valence-corrected chi connectivity index (χ4v) is 2.69. The monoisotopic (exact) mass is 418 g/mol. The Hall–Kier alpha value is -3.33. The van der Waals surface area contributed by atoms with E-state index in [1.807, 2.05) is 31.2 Å². The van der Waals surface area contributed by atoms with Crippen LogP contribution in [-0.2, 0) is 0 Å². The molecule has 3 aromatic rings. The van der Waals surface area contributed by atoms with Gasteiger partial charge in [-0.2, -0.15) is 4.98 Å². The third-order valence-electron chi connectivity index (χ3n) is 4.15. The summed E-state index contributed by atoms with van der Waals surface area (Å²) in [4.78, 5) is 8.79. The van der Waals surface area contributed by atoms with Crippen molar-refractivity contribution in [3.63, 3.8) is 0 Å². The third-order valence-corrected chi connectivity index (χ3v) is 4.15. The van der Waals surface area contributed by atoms with Gasteiger partial charge in [0.1, 0.15) is 11.6 Å². The molecule has 1 atom stereocenters. The van der Waals surface area contributed by atoms with Crippen molar-refractivity contribution < 1.29 is 23.0 Å². The lowest BCUT2D eigenvalue weighted by atomic mass is 10.1. The lowest BCUT2D eigenvalue weighted by Gasteiger charge is -2.15. The normalized spacial score (nSPS) is 12.3. The number of hydrogen-bond donors (Lipinski definition) is 3. The van der Waals surface area contributed by atoms with Gasteiger partial charge in [0.2, 0.25) is 5.95 Å². The molecule has 0 spiro atoms. The highest BCUT2D eigenvalue weighted by molar-refractivity contribution is 5.69. The molecule has 0 fully saturated rings. The van der Waals surface area contributed by atoms with E-state index < -0.39 is 6.36 Å². The highest BCUT2D eigenvalue weighted by Gasteiger charge is 2.31. The van der Waals surface area contributed by atoms with E-state index in [-0.39, 0.29) is 24.3 Å². The molecule has 2 aromatic carbocycles. The maximum Gasteiger partial charge on any atom is 0.573 e. The molecule has 6 nitrogen and oxygen atoms in total. The molecule has 0 amide bonds. The standard InChI is InChI=1S/C21H21F3N4O2/c1-13-6-3-4-9-17(13)26-19-11-18(27-20(28-19)25-14(2)12-29)15-7-5-8-16(10-15)30-21(22,23)24/h3-11,14,29H,12H2,1-2H3,(H2,25,26,27,28)/t14-/m0/s1. The summed E-state index contributed by atoms with van der Waals surface area (Å²) in [5.41, 5.74) is 2.64. The number of rotatable bonds is 7. The summed E-state index contributed by atoms with van der Waals surface area (Å²) < 4.78 is 41.7. The molecule has 0 saturated heterocycles. The Balaban J connectivity index is 2.00. The van der Waals surface area contributed by atoms with Gasteiger partial charge in [-0.3, -0.25) is 0 Å². The summed E-state index contributed by atoms with van der Waals surface area (Å²) in [6.45, 7) is 3.56. The molecule has 0 aliphatic carbocycles. The van der Waals surface area contributed by atoms with Crippen molar-refractivity contribution in [2.45, 2.75) is 26.3 Å². The Morgan fingerprint density at radius 3 is 2.53 bits per heavy atom. The molecule has 0 aliphatic rings. The minimum absolute atomic E-state index is 0.136. The average Bonchev–Trinajstić information content (AvgIpc) is 2.68. The van der Waals surface area contributed by atoms with Crippen LogP contribution in [0.2, 0.25) is 0 Å². The van der Waals surface area contributed by atoms with Gasteiger partial charge in [0, 0.05) is 23.4 Å². The minimum atomic E-state index is -4.79. The summed E-state index contributed by atoms with van der Waals surface area (Å²) in [5.74, 6) is 0.335. The van der Waals surface area contributed by atoms with Crippen LogP contribution in [0.15, 0.2) is 54.6 Å². The average molecular weight is 418 g/mol. The van der Waals surface area contributed by atoms with Crippen LogP contribution in [0.5, 0.6) is 5.75 Å². The first-order chi connectivity index (χ1) is 14.2. The molecule has 3 N–H and O–H groups in total. The number of aromatic nitrogens is 2. The van der Waals surface area contributed by atoms with Crippen molar-refractivity contribution >= 4 is 17.5 Å². The number of halogens is 3. The maximum atomic E-state index is 12.6. The smallest absolute Gasteiger partial charge is 0.406 e. The van der Waals surface area contributed by atoms with Gasteiger partial charge < -0.3 is 20.5 Å². The van der Waals surface area contributed by atoms with E-state index >= 15 is 0 Å². The van der Waals surface area contributed by atoms with E-state index in [4.69, 9.17) is 0 Å². The molecule has 3 rings (SSSR count). The fraction of sp³-hybridized carbons (Fsp3) is 0.238. The summed E-state index contributed by atoms with van der Waals surface area (Å²) >= 11 is 0. The van der Waals surface area contributed by atoms with E-state index in [0.717, 1.165) is 11.3 Å². The first-order valence-corrected chi connectivity index (χ1v) is 9.19. The number of alkyl halides is 3. The highest BCUT2D eigenvalue weighted by atomic mass is 19.4. The first-order valence-electron chi connectivity index (χ1n) is 9.19. The summed E-state index contributed by atoms with van der Waals surface area (Å²) in [7, 11) is 0. The van der Waals surface area contributed by atoms with Crippen LogP contribution in [0.3, 0.4) is 0 Å². The number of para-hydroxylation sites is 1. The zero-order valence-electron chi connectivity index (χ0n) is 16.4. The lowest BCUT2D eigenvalue weighted by molar-refractivity contribution is -0.274. The highest BCUT2D eigenvalue weighted by Crippen LogP contribution is 2.29. The largest absolute Gasteiger partial charge is 0.573 e. The Morgan fingerprint density at radius 2 is 1.83 bits per heavy atom. The molecule has 1 aromatic heterocycles. The zero-order valence-corrected chi connectivity index (χ0v) is 16.4. The number of ether oxygens (including phenoxy) is 1. The second kappa shape index (κ2) is 9.00. The summed E-state index contributed by atoms with van der Waals surface area (Å²) in [6, 6.07) is 14.5. The van der Waals surface area contributed by atoms with Crippen molar-refractivity contribution in [2.75, 3.05) is 17.2 Å². The van der Waals surface area contributed by atoms with Crippen LogP contribution < -0.4 is 15.4 Å². The number of aliphatic hydroxyl groups is 1. The topological polar surface area (TPSA) is 79.3 Å². The van der Waals surface area contributed by atoms with E-state index in [1.165, 1.54) is 18.2 Å². The fourth-order valence-electron chi connectivity index (χ4n) is 2.69. The van der Waals surface area contributed by atoms with Gasteiger partial charge in [-0.1, -0.05) is 30.3 Å². The Kier molecular flexibility index (Phi) is 6.41. The molecule has 158 valence electrons. The number of aliphatic hydroxyl groups excluding tert-OH is 1. The molecule has 0 unspecified atom stereocenters. The van der Waals surface area contributed by atoms with Crippen LogP contribution in [0.4, 0.5) is 30.6 Å². The van der Waals surface area contributed by atoms with E-state index in [1.54, 1.807) is 19.1 Å². The van der Waals surface area contributed by atoms with Gasteiger partial charge in [0.15, 0.2) is 0 Å². The molecule has 0 bridgehead atoms. The van der Waals surface area contributed by atoms with E-state index in [2.05, 4.69) is 25.3 Å². The van der Waals surface area contributed by atoms with Crippen LogP contribution in [0.1, 0.15) is 12.5 Å². The molecule has 1 heterocycles. The van der Waals surface area contributed by atoms with E-state index in [9.17, 15) is 18.3 Å². The number of benzene rings is 2. The quantitative estimate of drug-likeness (QED) is 0.507. The predicted octanol–water partition coefficient (Wildman–Crippen LogP) is 4.89. The van der Waals surface area contributed by atoms with Gasteiger partial charge in [0.05, 0.1) is 12.3 Å². The second-order valence-corrected chi connectivity index (χ2v) is 6.71. The number of nitrogens with one attached hydrogen (secondary N) is 2.